The minimum absolute atomic E-state index is 0.298. The van der Waals surface area contributed by atoms with E-state index < -0.39 is 17.8 Å². The molecule has 0 aromatic carbocycles. The van der Waals surface area contributed by atoms with Gasteiger partial charge in [0.25, 0.3) is 5.92 Å². The smallest absolute Gasteiger partial charge is 0.381 e. The van der Waals surface area contributed by atoms with Crippen LogP contribution in [0.4, 0.5) is 8.78 Å². The van der Waals surface area contributed by atoms with Crippen LogP contribution in [-0.4, -0.2) is 17.0 Å². The lowest BCUT2D eigenvalue weighted by Crippen LogP contribution is -2.34. The van der Waals surface area contributed by atoms with Crippen LogP contribution in [0.3, 0.4) is 0 Å². The molecule has 2 nitrogen and oxygen atoms in total. The highest BCUT2D eigenvalue weighted by Gasteiger charge is 2.44. The lowest BCUT2D eigenvalue weighted by Gasteiger charge is -2.30. The van der Waals surface area contributed by atoms with Crippen LogP contribution in [0.1, 0.15) is 12.8 Å². The number of alkyl halides is 2. The van der Waals surface area contributed by atoms with Gasteiger partial charge in [-0.05, 0) is 0 Å². The fraction of sp³-hybridized carbons (Fsp3) is 0.571. The van der Waals surface area contributed by atoms with E-state index in [1.54, 1.807) is 0 Å². The molecule has 0 spiro atoms. The van der Waals surface area contributed by atoms with E-state index in [1.165, 1.54) is 0 Å². The Hall–Kier alpha value is -1.11. The number of hydrogen-bond acceptors (Lipinski definition) is 1. The summed E-state index contributed by atoms with van der Waals surface area (Å²) in [6.45, 7) is 0. The van der Waals surface area contributed by atoms with Crippen molar-refractivity contribution in [1.29, 1.82) is 0 Å². The van der Waals surface area contributed by atoms with Gasteiger partial charge in [0.15, 0.2) is 0 Å². The number of hydrogen-bond donors (Lipinski definition) is 1. The van der Waals surface area contributed by atoms with Gasteiger partial charge in [0.2, 0.25) is 0 Å². The van der Waals surface area contributed by atoms with Crippen molar-refractivity contribution in [2.24, 2.45) is 5.92 Å². The van der Waals surface area contributed by atoms with Crippen molar-refractivity contribution in [3.05, 3.63) is 0 Å². The molecule has 0 atom stereocenters. The Kier molecular flexibility index (Phi) is 1.81. The quantitative estimate of drug-likeness (QED) is 0.539. The Morgan fingerprint density at radius 3 is 2.45 bits per heavy atom. The molecule has 1 aliphatic carbocycles. The lowest BCUT2D eigenvalue weighted by molar-refractivity contribution is -0.130. The highest BCUT2D eigenvalue weighted by molar-refractivity contribution is 5.86. The minimum atomic E-state index is -2.61. The van der Waals surface area contributed by atoms with Crippen LogP contribution < -0.4 is 0 Å². The van der Waals surface area contributed by atoms with Gasteiger partial charge in [-0.1, -0.05) is 5.92 Å². The highest BCUT2D eigenvalue weighted by Crippen LogP contribution is 2.41. The van der Waals surface area contributed by atoms with Gasteiger partial charge in [0.05, 0.1) is 0 Å². The Morgan fingerprint density at radius 1 is 1.55 bits per heavy atom. The summed E-state index contributed by atoms with van der Waals surface area (Å²) < 4.78 is 24.2. The first-order chi connectivity index (χ1) is 4.99. The largest absolute Gasteiger partial charge is 0.472 e. The Labute approximate surface area is 62.2 Å². The first-order valence-corrected chi connectivity index (χ1v) is 3.12. The zero-order chi connectivity index (χ0) is 8.48. The zero-order valence-corrected chi connectivity index (χ0v) is 5.60. The lowest BCUT2D eigenvalue weighted by atomic mass is 9.82. The van der Waals surface area contributed by atoms with Crippen molar-refractivity contribution in [2.75, 3.05) is 0 Å². The molecule has 0 heterocycles. The Bertz CT molecular complexity index is 229. The van der Waals surface area contributed by atoms with E-state index >= 15 is 0 Å². The molecule has 0 unspecified atom stereocenters. The van der Waals surface area contributed by atoms with Crippen LogP contribution in [0.2, 0.25) is 0 Å². The molecule has 0 aliphatic heterocycles. The van der Waals surface area contributed by atoms with Crippen molar-refractivity contribution in [3.8, 4) is 11.8 Å². The number of carboxylic acids is 1. The summed E-state index contributed by atoms with van der Waals surface area (Å²) in [5, 5.41) is 8.05. The molecule has 1 rings (SSSR count). The highest BCUT2D eigenvalue weighted by atomic mass is 19.3. The van der Waals surface area contributed by atoms with E-state index in [0.717, 1.165) is 0 Å². The number of carboxylic acid groups (broad SMARTS) is 1. The third-order valence-electron chi connectivity index (χ3n) is 1.47. The van der Waals surface area contributed by atoms with Crippen molar-refractivity contribution in [1.82, 2.24) is 0 Å². The van der Waals surface area contributed by atoms with E-state index in [-0.39, 0.29) is 12.8 Å². The van der Waals surface area contributed by atoms with Gasteiger partial charge in [-0.2, -0.15) is 0 Å². The van der Waals surface area contributed by atoms with Crippen molar-refractivity contribution in [3.63, 3.8) is 0 Å². The molecule has 0 bridgehead atoms. The maximum atomic E-state index is 12.1. The van der Waals surface area contributed by atoms with Crippen LogP contribution >= 0.6 is 0 Å². The van der Waals surface area contributed by atoms with Crippen LogP contribution in [-0.2, 0) is 4.79 Å². The van der Waals surface area contributed by atoms with Crippen LogP contribution in [0.15, 0.2) is 0 Å². The summed E-state index contributed by atoms with van der Waals surface area (Å²) in [5.74, 6) is -0.243. The predicted octanol–water partition coefficient (Wildman–Crippen LogP) is 1.12. The molecular weight excluding hydrogens is 154 g/mol. The normalized spacial score (nSPS) is 21.3. The molecule has 11 heavy (non-hydrogen) atoms. The molecule has 1 fully saturated rings. The second kappa shape index (κ2) is 2.50. The summed E-state index contributed by atoms with van der Waals surface area (Å²) in [5.41, 5.74) is 0. The molecule has 0 aromatic rings. The maximum absolute atomic E-state index is 12.1. The molecule has 1 saturated carbocycles. The van der Waals surface area contributed by atoms with Crippen molar-refractivity contribution >= 4 is 5.97 Å². The van der Waals surface area contributed by atoms with Gasteiger partial charge in [-0.25, -0.2) is 13.6 Å². The van der Waals surface area contributed by atoms with Gasteiger partial charge in [-0.15, -0.1) is 0 Å². The topological polar surface area (TPSA) is 37.3 Å². The minimum Gasteiger partial charge on any atom is -0.472 e. The van der Waals surface area contributed by atoms with Crippen LogP contribution in [0, 0.1) is 17.8 Å². The van der Waals surface area contributed by atoms with Gasteiger partial charge in [0.1, 0.15) is 0 Å². The summed E-state index contributed by atoms with van der Waals surface area (Å²) in [7, 11) is 0. The van der Waals surface area contributed by atoms with Crippen molar-refractivity contribution < 1.29 is 18.7 Å². The molecular formula is C7H6F2O2. The number of aliphatic carboxylic acids is 1. The molecule has 1 N–H and O–H groups in total. The zero-order valence-electron chi connectivity index (χ0n) is 5.60. The number of halogens is 2. The average molecular weight is 160 g/mol. The van der Waals surface area contributed by atoms with Gasteiger partial charge in [0, 0.05) is 24.7 Å². The van der Waals surface area contributed by atoms with Crippen LogP contribution in [0.25, 0.3) is 0 Å². The SMILES string of the molecule is O=C(O)C#CC1CC(F)(F)C1. The summed E-state index contributed by atoms with van der Waals surface area (Å²) in [4.78, 5) is 9.84. The molecule has 0 saturated heterocycles. The Balaban J connectivity index is 2.36. The van der Waals surface area contributed by atoms with Gasteiger partial charge < -0.3 is 5.11 Å². The summed E-state index contributed by atoms with van der Waals surface area (Å²) in [6.07, 6.45) is -0.597. The average Bonchev–Trinajstić information content (AvgIpc) is 1.78. The van der Waals surface area contributed by atoms with E-state index in [9.17, 15) is 13.6 Å². The third-order valence-corrected chi connectivity index (χ3v) is 1.47. The van der Waals surface area contributed by atoms with Crippen molar-refractivity contribution in [2.45, 2.75) is 18.8 Å². The van der Waals surface area contributed by atoms with Crippen LogP contribution in [0.5, 0.6) is 0 Å². The van der Waals surface area contributed by atoms with Gasteiger partial charge in [-0.3, -0.25) is 0 Å². The molecule has 0 aromatic heterocycles. The third kappa shape index (κ3) is 2.19. The number of carbonyl (C=O) groups is 1. The van der Waals surface area contributed by atoms with E-state index in [4.69, 9.17) is 5.11 Å². The summed E-state index contributed by atoms with van der Waals surface area (Å²) >= 11 is 0. The second-order valence-corrected chi connectivity index (χ2v) is 2.54. The van der Waals surface area contributed by atoms with E-state index in [2.05, 4.69) is 5.92 Å². The maximum Gasteiger partial charge on any atom is 0.381 e. The fourth-order valence-corrected chi connectivity index (χ4v) is 0.927. The first kappa shape index (κ1) is 7.99. The second-order valence-electron chi connectivity index (χ2n) is 2.54. The number of rotatable bonds is 0. The molecule has 1 aliphatic rings. The first-order valence-electron chi connectivity index (χ1n) is 3.12. The molecule has 4 heteroatoms. The van der Waals surface area contributed by atoms with E-state index in [1.807, 2.05) is 5.92 Å². The Morgan fingerprint density at radius 2 is 2.09 bits per heavy atom. The molecule has 0 radical (unpaired) electrons. The standard InChI is InChI=1S/C7H6F2O2/c8-7(9)3-5(4-7)1-2-6(10)11/h5H,3-4H2,(H,10,11). The molecule has 0 amide bonds. The van der Waals surface area contributed by atoms with Gasteiger partial charge >= 0.3 is 5.97 Å². The predicted molar refractivity (Wildman–Crippen MR) is 33.1 cm³/mol. The van der Waals surface area contributed by atoms with E-state index in [0.29, 0.717) is 0 Å². The monoisotopic (exact) mass is 160 g/mol. The fourth-order valence-electron chi connectivity index (χ4n) is 0.927. The summed E-state index contributed by atoms with van der Waals surface area (Å²) in [6, 6.07) is 0. The molecule has 60 valence electrons.